The Labute approximate surface area is 211 Å². The highest BCUT2D eigenvalue weighted by Crippen LogP contribution is 2.74. The van der Waals surface area contributed by atoms with E-state index in [1.165, 1.54) is 63.4 Å². The van der Waals surface area contributed by atoms with Crippen LogP contribution in [0.1, 0.15) is 127 Å². The quantitative estimate of drug-likeness (QED) is 0.296. The van der Waals surface area contributed by atoms with Crippen molar-refractivity contribution in [3.8, 4) is 0 Å². The number of rotatable bonds is 5. The van der Waals surface area contributed by atoms with Crippen LogP contribution in [-0.2, 0) is 9.53 Å². The zero-order valence-corrected chi connectivity index (χ0v) is 23.9. The average molecular weight is 471 g/mol. The first-order valence-electron chi connectivity index (χ1n) is 14.6. The Hall–Kier alpha value is -0.790. The molecule has 4 rings (SSSR count). The second-order valence-corrected chi connectivity index (χ2v) is 14.7. The summed E-state index contributed by atoms with van der Waals surface area (Å²) >= 11 is 0. The Bertz CT molecular complexity index is 806. The molecule has 0 saturated heterocycles. The molecule has 4 aliphatic carbocycles. The molecule has 4 saturated carbocycles. The van der Waals surface area contributed by atoms with Crippen LogP contribution in [0.25, 0.3) is 0 Å². The first-order chi connectivity index (χ1) is 15.8. The van der Waals surface area contributed by atoms with Crippen LogP contribution in [0.2, 0.25) is 0 Å². The summed E-state index contributed by atoms with van der Waals surface area (Å²) in [5.74, 6) is 3.96. The van der Waals surface area contributed by atoms with E-state index in [0.717, 1.165) is 30.1 Å². The maximum atomic E-state index is 11.8. The van der Waals surface area contributed by atoms with E-state index in [4.69, 9.17) is 4.74 Å². The third kappa shape index (κ3) is 3.92. The van der Waals surface area contributed by atoms with Gasteiger partial charge in [-0.1, -0.05) is 53.2 Å². The Morgan fingerprint density at radius 1 is 0.882 bits per heavy atom. The summed E-state index contributed by atoms with van der Waals surface area (Å²) in [5.41, 5.74) is 2.90. The van der Waals surface area contributed by atoms with Crippen molar-refractivity contribution in [1.82, 2.24) is 0 Å². The van der Waals surface area contributed by atoms with E-state index >= 15 is 0 Å². The second-order valence-electron chi connectivity index (χ2n) is 14.7. The molecule has 4 fully saturated rings. The Morgan fingerprint density at radius 2 is 1.56 bits per heavy atom. The molecular formula is C32H54O2. The summed E-state index contributed by atoms with van der Waals surface area (Å²) in [5, 5.41) is 0. The number of carbonyl (C=O) groups excluding carboxylic acids is 1. The van der Waals surface area contributed by atoms with Crippen molar-refractivity contribution in [2.45, 2.75) is 133 Å². The topological polar surface area (TPSA) is 26.3 Å². The summed E-state index contributed by atoms with van der Waals surface area (Å²) in [6, 6.07) is 0. The van der Waals surface area contributed by atoms with Gasteiger partial charge < -0.3 is 4.74 Å². The fourth-order valence-corrected chi connectivity index (χ4v) is 10.7. The van der Waals surface area contributed by atoms with E-state index in [9.17, 15) is 4.79 Å². The molecule has 0 bridgehead atoms. The van der Waals surface area contributed by atoms with Crippen LogP contribution in [0.3, 0.4) is 0 Å². The fraction of sp³-hybridized carbons (Fsp3) is 0.906. The van der Waals surface area contributed by atoms with E-state index in [1.54, 1.807) is 6.92 Å². The van der Waals surface area contributed by atoms with Gasteiger partial charge in [-0.3, -0.25) is 4.79 Å². The van der Waals surface area contributed by atoms with E-state index in [-0.39, 0.29) is 17.5 Å². The van der Waals surface area contributed by atoms with Crippen molar-refractivity contribution < 1.29 is 9.53 Å². The van der Waals surface area contributed by atoms with Gasteiger partial charge in [-0.05, 0) is 124 Å². The lowest BCUT2D eigenvalue weighted by Gasteiger charge is -2.67. The molecule has 0 aliphatic heterocycles. The number of ether oxygens (including phenoxy) is 1. The van der Waals surface area contributed by atoms with Gasteiger partial charge in [0.1, 0.15) is 6.10 Å². The lowest BCUT2D eigenvalue weighted by molar-refractivity contribution is -0.209. The maximum Gasteiger partial charge on any atom is 0.302 e. The van der Waals surface area contributed by atoms with Crippen molar-refractivity contribution in [2.75, 3.05) is 0 Å². The van der Waals surface area contributed by atoms with Gasteiger partial charge in [0.2, 0.25) is 0 Å². The molecule has 34 heavy (non-hydrogen) atoms. The Kier molecular flexibility index (Phi) is 6.92. The SMILES string of the molecule is CC(=O)O[C@H]1CC[C@]2(C)C3CC[C@]4(C)[C@@H]([C@H](C)CCC=C(C)C)CC[C@@]4(C)C3CCC2C1(C)C. The summed E-state index contributed by atoms with van der Waals surface area (Å²) in [6.07, 6.45) is 15.8. The molecule has 0 heterocycles. The van der Waals surface area contributed by atoms with Crippen LogP contribution in [0.15, 0.2) is 11.6 Å². The van der Waals surface area contributed by atoms with Crippen LogP contribution in [0.5, 0.6) is 0 Å². The molecule has 2 heteroatoms. The van der Waals surface area contributed by atoms with Crippen LogP contribution < -0.4 is 0 Å². The molecular weight excluding hydrogens is 416 g/mol. The largest absolute Gasteiger partial charge is 0.462 e. The third-order valence-electron chi connectivity index (χ3n) is 12.6. The predicted octanol–water partition coefficient (Wildman–Crippen LogP) is 8.99. The van der Waals surface area contributed by atoms with Crippen molar-refractivity contribution >= 4 is 5.97 Å². The van der Waals surface area contributed by atoms with Crippen molar-refractivity contribution in [1.29, 1.82) is 0 Å². The first kappa shape index (κ1) is 26.3. The summed E-state index contributed by atoms with van der Waals surface area (Å²) < 4.78 is 5.89. The fourth-order valence-electron chi connectivity index (χ4n) is 10.7. The van der Waals surface area contributed by atoms with Crippen LogP contribution in [0.4, 0.5) is 0 Å². The predicted molar refractivity (Wildman–Crippen MR) is 142 cm³/mol. The molecule has 0 amide bonds. The van der Waals surface area contributed by atoms with E-state index < -0.39 is 0 Å². The van der Waals surface area contributed by atoms with Crippen molar-refractivity contribution in [3.05, 3.63) is 11.6 Å². The molecule has 0 aromatic rings. The lowest BCUT2D eigenvalue weighted by Crippen LogP contribution is -2.62. The smallest absolute Gasteiger partial charge is 0.302 e. The number of fused-ring (bicyclic) bond motifs is 5. The molecule has 0 aromatic carbocycles. The summed E-state index contributed by atoms with van der Waals surface area (Å²) in [7, 11) is 0. The van der Waals surface area contributed by atoms with E-state index in [1.807, 2.05) is 0 Å². The normalized spacial score (nSPS) is 46.0. The molecule has 2 nitrogen and oxygen atoms in total. The molecule has 4 aliphatic rings. The standard InChI is InChI=1S/C32H54O2/c1-21(2)11-10-12-22(3)24-15-19-32(9)26-13-14-27-29(5,6)28(34-23(4)33)17-18-30(27,7)25(26)16-20-31(24,32)8/h11,22,24-28H,10,12-20H2,1-9H3/t22-,24-,25?,26?,27?,28+,30-,31-,32+/m1/s1. The van der Waals surface area contributed by atoms with Gasteiger partial charge in [-0.15, -0.1) is 0 Å². The molecule has 0 radical (unpaired) electrons. The molecule has 0 spiro atoms. The highest BCUT2D eigenvalue weighted by atomic mass is 16.5. The molecule has 0 aromatic heterocycles. The van der Waals surface area contributed by atoms with Crippen LogP contribution in [-0.4, -0.2) is 12.1 Å². The van der Waals surface area contributed by atoms with Crippen molar-refractivity contribution in [3.63, 3.8) is 0 Å². The second kappa shape index (κ2) is 8.95. The molecule has 0 N–H and O–H groups in total. The van der Waals surface area contributed by atoms with Gasteiger partial charge in [-0.25, -0.2) is 0 Å². The van der Waals surface area contributed by atoms with Gasteiger partial charge >= 0.3 is 5.97 Å². The minimum absolute atomic E-state index is 0.0724. The molecule has 9 atom stereocenters. The Morgan fingerprint density at radius 3 is 2.21 bits per heavy atom. The van der Waals surface area contributed by atoms with E-state index in [0.29, 0.717) is 22.2 Å². The minimum Gasteiger partial charge on any atom is -0.462 e. The van der Waals surface area contributed by atoms with Crippen LogP contribution in [0, 0.1) is 51.2 Å². The monoisotopic (exact) mass is 470 g/mol. The summed E-state index contributed by atoms with van der Waals surface area (Å²) in [6.45, 7) is 21.5. The highest BCUT2D eigenvalue weighted by Gasteiger charge is 2.67. The number of allylic oxidation sites excluding steroid dienone is 2. The molecule has 194 valence electrons. The molecule has 3 unspecified atom stereocenters. The third-order valence-corrected chi connectivity index (χ3v) is 12.6. The minimum atomic E-state index is -0.105. The van der Waals surface area contributed by atoms with Crippen molar-refractivity contribution in [2.24, 2.45) is 51.2 Å². The number of hydrogen-bond acceptors (Lipinski definition) is 2. The Balaban J connectivity index is 1.56. The van der Waals surface area contributed by atoms with E-state index in [2.05, 4.69) is 61.5 Å². The lowest BCUT2D eigenvalue weighted by atomic mass is 9.38. The van der Waals surface area contributed by atoms with Gasteiger partial charge in [0.15, 0.2) is 0 Å². The average Bonchev–Trinajstić information content (AvgIpc) is 3.01. The van der Waals surface area contributed by atoms with Gasteiger partial charge in [0, 0.05) is 12.3 Å². The van der Waals surface area contributed by atoms with Gasteiger partial charge in [0.05, 0.1) is 0 Å². The highest BCUT2D eigenvalue weighted by molar-refractivity contribution is 5.66. The van der Waals surface area contributed by atoms with Crippen LogP contribution >= 0.6 is 0 Å². The zero-order chi connectivity index (χ0) is 25.1. The summed E-state index contributed by atoms with van der Waals surface area (Å²) in [4.78, 5) is 11.8. The first-order valence-corrected chi connectivity index (χ1v) is 14.6. The van der Waals surface area contributed by atoms with Gasteiger partial charge in [0.25, 0.3) is 0 Å². The number of esters is 1. The maximum absolute atomic E-state index is 11.8. The zero-order valence-electron chi connectivity index (χ0n) is 23.9. The van der Waals surface area contributed by atoms with Gasteiger partial charge in [-0.2, -0.15) is 0 Å². The number of hydrogen-bond donors (Lipinski definition) is 0. The number of carbonyl (C=O) groups is 1.